The van der Waals surface area contributed by atoms with Crippen LogP contribution in [0.1, 0.15) is 46.7 Å². The molecular weight excluding hydrogens is 564 g/mol. The van der Waals surface area contributed by atoms with Gasteiger partial charge >= 0.3 is 6.09 Å². The maximum atomic E-state index is 14.7. The summed E-state index contributed by atoms with van der Waals surface area (Å²) in [7, 11) is 1.65. The van der Waals surface area contributed by atoms with Crippen LogP contribution in [0.25, 0.3) is 0 Å². The molecule has 2 fully saturated rings. The maximum absolute atomic E-state index is 14.7. The van der Waals surface area contributed by atoms with Gasteiger partial charge < -0.3 is 14.2 Å². The maximum Gasteiger partial charge on any atom is 0.417 e. The first-order valence-electron chi connectivity index (χ1n) is 15.7. The highest BCUT2D eigenvalue weighted by Crippen LogP contribution is 2.48. The number of hydrogen-bond acceptors (Lipinski definition) is 6. The number of likely N-dealkylation sites (tertiary alicyclic amines) is 1. The molecule has 7 nitrogen and oxygen atoms in total. The number of benzene rings is 4. The van der Waals surface area contributed by atoms with Gasteiger partial charge in [0.25, 0.3) is 0 Å². The molecule has 7 rings (SSSR count). The molecule has 4 aromatic rings. The predicted molar refractivity (Wildman–Crippen MR) is 171 cm³/mol. The molecule has 4 aromatic carbocycles. The quantitative estimate of drug-likeness (QED) is 0.227. The molecule has 2 aliphatic heterocycles. The van der Waals surface area contributed by atoms with Crippen LogP contribution >= 0.6 is 0 Å². The molecule has 1 aliphatic carbocycles. The predicted octanol–water partition coefficient (Wildman–Crippen LogP) is 6.57. The summed E-state index contributed by atoms with van der Waals surface area (Å²) in [6, 6.07) is 34.0. The van der Waals surface area contributed by atoms with Crippen molar-refractivity contribution in [3.63, 3.8) is 0 Å². The van der Waals surface area contributed by atoms with Crippen molar-refractivity contribution < 1.29 is 23.8 Å². The number of carbonyl (C=O) groups is 2. The van der Waals surface area contributed by atoms with Crippen molar-refractivity contribution in [1.82, 2.24) is 9.80 Å². The number of carbonyl (C=O) groups excluding carboxylic acids is 2. The van der Waals surface area contributed by atoms with Gasteiger partial charge in [-0.15, -0.1) is 0 Å². The van der Waals surface area contributed by atoms with Crippen LogP contribution in [0.5, 0.6) is 11.5 Å². The number of amides is 2. The highest BCUT2D eigenvalue weighted by atomic mass is 16.6. The lowest BCUT2D eigenvalue weighted by Gasteiger charge is -2.34. The monoisotopic (exact) mass is 602 g/mol. The van der Waals surface area contributed by atoms with Gasteiger partial charge in [0.05, 0.1) is 12.5 Å². The fourth-order valence-corrected chi connectivity index (χ4v) is 7.38. The number of hydrogen-bond donors (Lipinski definition) is 0. The number of fused-ring (bicyclic) bond motifs is 1. The smallest absolute Gasteiger partial charge is 0.417 e. The van der Waals surface area contributed by atoms with E-state index in [1.165, 1.54) is 21.6 Å². The number of imide groups is 1. The summed E-state index contributed by atoms with van der Waals surface area (Å²) < 4.78 is 17.8. The molecule has 0 spiro atoms. The summed E-state index contributed by atoms with van der Waals surface area (Å²) in [6.45, 7) is 3.99. The summed E-state index contributed by atoms with van der Waals surface area (Å²) in [5.41, 5.74) is 4.77. The average Bonchev–Trinajstić information content (AvgIpc) is 3.76. The zero-order chi connectivity index (χ0) is 31.0. The second-order valence-corrected chi connectivity index (χ2v) is 12.6. The SMILES string of the molecule is COc1ccc([C@@H]2CN(Cc3ccccc3)C[C@]2(C)C(=O)N2C(=O)OC[C@H]2c2ccccc2)cc1OC1Cc2ccccc2C1. The number of ether oxygens (including phenoxy) is 3. The van der Waals surface area contributed by atoms with Gasteiger partial charge in [-0.3, -0.25) is 9.69 Å². The van der Waals surface area contributed by atoms with Gasteiger partial charge in [-0.25, -0.2) is 9.69 Å². The van der Waals surface area contributed by atoms with E-state index in [-0.39, 0.29) is 24.5 Å². The van der Waals surface area contributed by atoms with Crippen molar-refractivity contribution in [3.8, 4) is 11.5 Å². The topological polar surface area (TPSA) is 68.3 Å². The first-order chi connectivity index (χ1) is 21.9. The Bertz CT molecular complexity index is 1670. The van der Waals surface area contributed by atoms with E-state index in [0.717, 1.165) is 24.0 Å². The minimum Gasteiger partial charge on any atom is -0.493 e. The first-order valence-corrected chi connectivity index (χ1v) is 15.7. The van der Waals surface area contributed by atoms with E-state index >= 15 is 0 Å². The number of rotatable bonds is 8. The molecule has 0 saturated carbocycles. The largest absolute Gasteiger partial charge is 0.493 e. The fourth-order valence-electron chi connectivity index (χ4n) is 7.38. The lowest BCUT2D eigenvalue weighted by Crippen LogP contribution is -2.47. The Balaban J connectivity index is 1.22. The molecule has 7 heteroatoms. The van der Waals surface area contributed by atoms with Crippen molar-refractivity contribution in [3.05, 3.63) is 131 Å². The highest BCUT2D eigenvalue weighted by molar-refractivity contribution is 5.97. The molecule has 45 heavy (non-hydrogen) atoms. The molecule has 2 heterocycles. The molecule has 230 valence electrons. The van der Waals surface area contributed by atoms with E-state index in [0.29, 0.717) is 31.1 Å². The average molecular weight is 603 g/mol. The lowest BCUT2D eigenvalue weighted by molar-refractivity contribution is -0.139. The minimum atomic E-state index is -0.902. The minimum absolute atomic E-state index is 0.00345. The van der Waals surface area contributed by atoms with E-state index in [1.54, 1.807) is 7.11 Å². The van der Waals surface area contributed by atoms with Crippen LogP contribution in [0, 0.1) is 5.41 Å². The van der Waals surface area contributed by atoms with Gasteiger partial charge in [0.1, 0.15) is 18.8 Å². The third kappa shape index (κ3) is 5.57. The van der Waals surface area contributed by atoms with Gasteiger partial charge in [0.2, 0.25) is 5.91 Å². The number of nitrogens with zero attached hydrogens (tertiary/aromatic N) is 2. The van der Waals surface area contributed by atoms with Gasteiger partial charge in [0.15, 0.2) is 11.5 Å². The first kappa shape index (κ1) is 29.1. The van der Waals surface area contributed by atoms with Crippen LogP contribution in [0.2, 0.25) is 0 Å². The Hall–Kier alpha value is -4.62. The summed E-state index contributed by atoms with van der Waals surface area (Å²) in [6.07, 6.45) is 1.09. The molecular formula is C38H38N2O5. The summed E-state index contributed by atoms with van der Waals surface area (Å²) >= 11 is 0. The highest BCUT2D eigenvalue weighted by Gasteiger charge is 2.54. The number of cyclic esters (lactones) is 1. The van der Waals surface area contributed by atoms with E-state index in [1.807, 2.05) is 73.7 Å². The Morgan fingerprint density at radius 3 is 2.22 bits per heavy atom. The lowest BCUT2D eigenvalue weighted by atomic mass is 9.74. The summed E-state index contributed by atoms with van der Waals surface area (Å²) in [4.78, 5) is 31.5. The van der Waals surface area contributed by atoms with E-state index in [9.17, 15) is 9.59 Å². The number of methoxy groups -OCH3 is 1. The molecule has 0 aromatic heterocycles. The van der Waals surface area contributed by atoms with Crippen LogP contribution in [0.4, 0.5) is 4.79 Å². The Morgan fingerprint density at radius 1 is 0.867 bits per heavy atom. The van der Waals surface area contributed by atoms with Crippen LogP contribution < -0.4 is 9.47 Å². The van der Waals surface area contributed by atoms with E-state index in [2.05, 4.69) is 41.3 Å². The summed E-state index contributed by atoms with van der Waals surface area (Å²) in [5.74, 6) is 0.914. The van der Waals surface area contributed by atoms with Crippen molar-refractivity contribution in [2.45, 2.75) is 44.4 Å². The van der Waals surface area contributed by atoms with Crippen molar-refractivity contribution in [2.24, 2.45) is 5.41 Å². The normalized spacial score (nSPS) is 23.2. The molecule has 0 radical (unpaired) electrons. The second kappa shape index (κ2) is 12.1. The van der Waals surface area contributed by atoms with Crippen LogP contribution in [0.3, 0.4) is 0 Å². The molecule has 0 N–H and O–H groups in total. The van der Waals surface area contributed by atoms with Crippen molar-refractivity contribution >= 4 is 12.0 Å². The van der Waals surface area contributed by atoms with Gasteiger partial charge in [-0.05, 0) is 46.9 Å². The molecule has 3 aliphatic rings. The Labute approximate surface area is 264 Å². The van der Waals surface area contributed by atoms with E-state index in [4.69, 9.17) is 14.2 Å². The van der Waals surface area contributed by atoms with Crippen LogP contribution in [-0.2, 0) is 28.9 Å². The molecule has 3 atom stereocenters. The van der Waals surface area contributed by atoms with Crippen LogP contribution in [-0.4, -0.2) is 54.7 Å². The molecule has 2 amide bonds. The zero-order valence-electron chi connectivity index (χ0n) is 25.7. The fraction of sp³-hybridized carbons (Fsp3) is 0.316. The molecule has 2 saturated heterocycles. The van der Waals surface area contributed by atoms with Crippen molar-refractivity contribution in [1.29, 1.82) is 0 Å². The van der Waals surface area contributed by atoms with Gasteiger partial charge in [-0.2, -0.15) is 0 Å². The zero-order valence-corrected chi connectivity index (χ0v) is 25.7. The van der Waals surface area contributed by atoms with E-state index < -0.39 is 17.6 Å². The molecule has 0 unspecified atom stereocenters. The van der Waals surface area contributed by atoms with Gasteiger partial charge in [0, 0.05) is 38.4 Å². The molecule has 0 bridgehead atoms. The Kier molecular flexibility index (Phi) is 7.80. The third-order valence-corrected chi connectivity index (χ3v) is 9.67. The second-order valence-electron chi connectivity index (χ2n) is 12.6. The Morgan fingerprint density at radius 2 is 1.53 bits per heavy atom. The van der Waals surface area contributed by atoms with Crippen LogP contribution in [0.15, 0.2) is 103 Å². The third-order valence-electron chi connectivity index (χ3n) is 9.67. The standard InChI is InChI=1S/C38H38N2O5/c1-38(36(41)40-33(24-44-37(40)42)27-13-7-4-8-14-27)25-39(22-26-11-5-3-6-12-26)23-32(38)30-17-18-34(43-2)35(21-30)45-31-19-28-15-9-10-16-29(28)20-31/h3-18,21,31-33H,19-20,22-25H2,1-2H3/t32-,33-,38-/m0/s1. The van der Waals surface area contributed by atoms with Crippen molar-refractivity contribution in [2.75, 3.05) is 26.8 Å². The van der Waals surface area contributed by atoms with Gasteiger partial charge in [-0.1, -0.05) is 91.0 Å². The summed E-state index contributed by atoms with van der Waals surface area (Å²) in [5, 5.41) is 0.